The Balaban J connectivity index is 1.99. The third kappa shape index (κ3) is 3.49. The highest BCUT2D eigenvalue weighted by Gasteiger charge is 2.31. The largest absolute Gasteiger partial charge is 0.383 e. The predicted molar refractivity (Wildman–Crippen MR) is 78.5 cm³/mol. The summed E-state index contributed by atoms with van der Waals surface area (Å²) >= 11 is 0. The van der Waals surface area contributed by atoms with E-state index in [9.17, 15) is 14.9 Å². The molecule has 0 heterocycles. The molecule has 7 heteroatoms. The highest BCUT2D eigenvalue weighted by Crippen LogP contribution is 2.26. The first-order valence-electron chi connectivity index (χ1n) is 6.93. The topological polar surface area (TPSA) is 93.5 Å². The van der Waals surface area contributed by atoms with E-state index in [1.54, 1.807) is 7.05 Å². The van der Waals surface area contributed by atoms with Crippen LogP contribution in [0.3, 0.4) is 0 Å². The predicted octanol–water partition coefficient (Wildman–Crippen LogP) is 1.93. The van der Waals surface area contributed by atoms with Gasteiger partial charge in [0, 0.05) is 31.3 Å². The molecule has 0 spiro atoms. The number of benzene rings is 1. The minimum atomic E-state index is -0.480. The molecule has 2 rings (SSSR count). The van der Waals surface area contributed by atoms with Crippen molar-refractivity contribution >= 4 is 17.3 Å². The summed E-state index contributed by atoms with van der Waals surface area (Å²) in [6.07, 6.45) is 1.85. The second-order valence-electron chi connectivity index (χ2n) is 4.96. The molecule has 0 radical (unpaired) electrons. The van der Waals surface area contributed by atoms with Crippen molar-refractivity contribution in [1.82, 2.24) is 5.32 Å². The van der Waals surface area contributed by atoms with Gasteiger partial charge < -0.3 is 15.4 Å². The summed E-state index contributed by atoms with van der Waals surface area (Å²) in [4.78, 5) is 22.5. The van der Waals surface area contributed by atoms with Crippen molar-refractivity contribution in [1.29, 1.82) is 0 Å². The average Bonchev–Trinajstić information content (AvgIpc) is 2.44. The van der Waals surface area contributed by atoms with Gasteiger partial charge in [0.1, 0.15) is 5.69 Å². The second-order valence-corrected chi connectivity index (χ2v) is 4.96. The number of nitrogens with one attached hydrogen (secondary N) is 2. The molecule has 0 aliphatic heterocycles. The molecule has 1 aromatic carbocycles. The van der Waals surface area contributed by atoms with Gasteiger partial charge in [0.15, 0.2) is 0 Å². The molecule has 1 aliphatic carbocycles. The number of hydrogen-bond donors (Lipinski definition) is 2. The van der Waals surface area contributed by atoms with Crippen LogP contribution >= 0.6 is 0 Å². The van der Waals surface area contributed by atoms with E-state index in [4.69, 9.17) is 4.74 Å². The van der Waals surface area contributed by atoms with E-state index in [-0.39, 0.29) is 23.7 Å². The number of nitrogens with zero attached hydrogens (tertiary/aromatic N) is 1. The fraction of sp³-hybridized carbons (Fsp3) is 0.500. The molecule has 1 saturated carbocycles. The van der Waals surface area contributed by atoms with Gasteiger partial charge in [-0.15, -0.1) is 0 Å². The molecular weight excluding hydrogens is 274 g/mol. The number of ether oxygens (including phenoxy) is 1. The molecule has 0 bridgehead atoms. The van der Waals surface area contributed by atoms with E-state index >= 15 is 0 Å². The SMILES string of the molecule is CCOC1CC(NC(=O)c2ccc([N+](=O)[O-])c(NC)c2)C1. The fourth-order valence-electron chi connectivity index (χ4n) is 2.36. The van der Waals surface area contributed by atoms with E-state index in [2.05, 4.69) is 10.6 Å². The van der Waals surface area contributed by atoms with Gasteiger partial charge in [-0.3, -0.25) is 14.9 Å². The van der Waals surface area contributed by atoms with Crippen LogP contribution in [0.25, 0.3) is 0 Å². The number of amides is 1. The molecule has 0 atom stereocenters. The van der Waals surface area contributed by atoms with Gasteiger partial charge in [-0.05, 0) is 31.9 Å². The molecule has 114 valence electrons. The summed E-state index contributed by atoms with van der Waals surface area (Å²) in [5, 5.41) is 16.5. The number of nitro groups is 1. The first kappa shape index (κ1) is 15.2. The molecular formula is C14H19N3O4. The Morgan fingerprint density at radius 3 is 2.76 bits per heavy atom. The van der Waals surface area contributed by atoms with Crippen molar-refractivity contribution < 1.29 is 14.5 Å². The minimum Gasteiger partial charge on any atom is -0.383 e. The Labute approximate surface area is 122 Å². The molecule has 1 fully saturated rings. The molecule has 0 aromatic heterocycles. The van der Waals surface area contributed by atoms with E-state index in [1.165, 1.54) is 18.2 Å². The van der Waals surface area contributed by atoms with E-state index < -0.39 is 4.92 Å². The van der Waals surface area contributed by atoms with Gasteiger partial charge in [0.2, 0.25) is 0 Å². The lowest BCUT2D eigenvalue weighted by Crippen LogP contribution is -2.47. The molecule has 0 saturated heterocycles. The van der Waals surface area contributed by atoms with Crippen molar-refractivity contribution in [3.63, 3.8) is 0 Å². The molecule has 1 amide bonds. The van der Waals surface area contributed by atoms with Gasteiger partial charge >= 0.3 is 0 Å². The number of carbonyl (C=O) groups excluding carboxylic acids is 1. The quantitative estimate of drug-likeness (QED) is 0.617. The third-order valence-electron chi connectivity index (χ3n) is 3.56. The van der Waals surface area contributed by atoms with E-state index in [0.29, 0.717) is 17.9 Å². The Hall–Kier alpha value is -2.15. The average molecular weight is 293 g/mol. The highest BCUT2D eigenvalue weighted by molar-refractivity contribution is 5.96. The Bertz CT molecular complexity index is 541. The zero-order valence-electron chi connectivity index (χ0n) is 12.1. The van der Waals surface area contributed by atoms with Gasteiger partial charge in [0.25, 0.3) is 11.6 Å². The van der Waals surface area contributed by atoms with Crippen LogP contribution in [0.5, 0.6) is 0 Å². The highest BCUT2D eigenvalue weighted by atomic mass is 16.6. The normalized spacial score (nSPS) is 20.5. The molecule has 2 N–H and O–H groups in total. The Morgan fingerprint density at radius 1 is 1.48 bits per heavy atom. The van der Waals surface area contributed by atoms with Crippen LogP contribution < -0.4 is 10.6 Å². The molecule has 1 aromatic rings. The maximum Gasteiger partial charge on any atom is 0.292 e. The van der Waals surface area contributed by atoms with Crippen LogP contribution in [-0.4, -0.2) is 36.6 Å². The van der Waals surface area contributed by atoms with Gasteiger partial charge in [0.05, 0.1) is 11.0 Å². The number of nitro benzene ring substituents is 1. The van der Waals surface area contributed by atoms with Crippen molar-refractivity contribution in [3.05, 3.63) is 33.9 Å². The zero-order valence-corrected chi connectivity index (χ0v) is 12.1. The molecule has 1 aliphatic rings. The molecule has 21 heavy (non-hydrogen) atoms. The van der Waals surface area contributed by atoms with Crippen molar-refractivity contribution in [3.8, 4) is 0 Å². The Kier molecular flexibility index (Phi) is 4.74. The lowest BCUT2D eigenvalue weighted by Gasteiger charge is -2.35. The van der Waals surface area contributed by atoms with Crippen molar-refractivity contribution in [2.75, 3.05) is 19.0 Å². The van der Waals surface area contributed by atoms with Crippen molar-refractivity contribution in [2.45, 2.75) is 31.9 Å². The van der Waals surface area contributed by atoms with Crippen LogP contribution in [0.4, 0.5) is 11.4 Å². The summed E-state index contributed by atoms with van der Waals surface area (Å²) in [5.41, 5.74) is 0.687. The summed E-state index contributed by atoms with van der Waals surface area (Å²) in [6.45, 7) is 2.63. The summed E-state index contributed by atoms with van der Waals surface area (Å²) in [5.74, 6) is -0.221. The minimum absolute atomic E-state index is 0.0471. The smallest absolute Gasteiger partial charge is 0.292 e. The third-order valence-corrected chi connectivity index (χ3v) is 3.56. The van der Waals surface area contributed by atoms with Crippen LogP contribution in [-0.2, 0) is 4.74 Å². The lowest BCUT2D eigenvalue weighted by atomic mass is 9.89. The van der Waals surface area contributed by atoms with Crippen LogP contribution in [0.2, 0.25) is 0 Å². The molecule has 7 nitrogen and oxygen atoms in total. The van der Waals surface area contributed by atoms with Gasteiger partial charge in [-0.25, -0.2) is 0 Å². The first-order valence-corrected chi connectivity index (χ1v) is 6.93. The Morgan fingerprint density at radius 2 is 2.19 bits per heavy atom. The van der Waals surface area contributed by atoms with Crippen LogP contribution in [0.15, 0.2) is 18.2 Å². The number of carbonyl (C=O) groups is 1. The number of rotatable bonds is 6. The number of hydrogen-bond acceptors (Lipinski definition) is 5. The van der Waals surface area contributed by atoms with E-state index in [0.717, 1.165) is 12.8 Å². The van der Waals surface area contributed by atoms with Crippen molar-refractivity contribution in [2.24, 2.45) is 0 Å². The van der Waals surface area contributed by atoms with E-state index in [1.807, 2.05) is 6.92 Å². The first-order chi connectivity index (χ1) is 10.0. The standard InChI is InChI=1S/C14H19N3O4/c1-3-21-11-7-10(8-11)16-14(18)9-4-5-13(17(19)20)12(6-9)15-2/h4-6,10-11,15H,3,7-8H2,1-2H3,(H,16,18). The summed E-state index contributed by atoms with van der Waals surface area (Å²) in [6, 6.07) is 4.41. The fourth-order valence-corrected chi connectivity index (χ4v) is 2.36. The summed E-state index contributed by atoms with van der Waals surface area (Å²) in [7, 11) is 1.59. The van der Waals surface area contributed by atoms with Crippen LogP contribution in [0, 0.1) is 10.1 Å². The van der Waals surface area contributed by atoms with Crippen LogP contribution in [0.1, 0.15) is 30.1 Å². The summed E-state index contributed by atoms with van der Waals surface area (Å²) < 4.78 is 5.44. The maximum absolute atomic E-state index is 12.1. The van der Waals surface area contributed by atoms with Gasteiger partial charge in [-0.1, -0.05) is 0 Å². The monoisotopic (exact) mass is 293 g/mol. The number of anilines is 1. The maximum atomic E-state index is 12.1. The molecule has 0 unspecified atom stereocenters. The zero-order chi connectivity index (χ0) is 15.4. The lowest BCUT2D eigenvalue weighted by molar-refractivity contribution is -0.383. The second kappa shape index (κ2) is 6.53. The van der Waals surface area contributed by atoms with Gasteiger partial charge in [-0.2, -0.15) is 0 Å².